The van der Waals surface area contributed by atoms with Gasteiger partial charge in [0.05, 0.1) is 11.5 Å². The summed E-state index contributed by atoms with van der Waals surface area (Å²) in [5, 5.41) is 1.97. The topological polar surface area (TPSA) is 80.6 Å². The molecule has 0 radical (unpaired) electrons. The zero-order valence-corrected chi connectivity index (χ0v) is 17.7. The molecule has 0 bridgehead atoms. The number of rotatable bonds is 7. The summed E-state index contributed by atoms with van der Waals surface area (Å²) in [6, 6.07) is 7.33. The summed E-state index contributed by atoms with van der Waals surface area (Å²) < 4.78 is 20.4. The van der Waals surface area contributed by atoms with Gasteiger partial charge in [-0.1, -0.05) is 6.07 Å². The molecule has 3 amide bonds. The molecule has 0 atom stereocenters. The second-order valence-corrected chi connectivity index (χ2v) is 7.79. The number of imide groups is 1. The lowest BCUT2D eigenvalue weighted by Gasteiger charge is -2.12. The lowest BCUT2D eigenvalue weighted by molar-refractivity contribution is -0.127. The maximum atomic E-state index is 13.2. The molecular formula is C21H22FN3O4S. The number of amides is 3. The highest BCUT2D eigenvalue weighted by Crippen LogP contribution is 2.33. The van der Waals surface area contributed by atoms with E-state index in [0.29, 0.717) is 13.2 Å². The zero-order chi connectivity index (χ0) is 21.8. The number of nitrogens with zero attached hydrogens (tertiary/aromatic N) is 2. The maximum absolute atomic E-state index is 13.2. The first kappa shape index (κ1) is 21.8. The number of thioether (sulfide) groups is 1. The average molecular weight is 431 g/mol. The Bertz CT molecular complexity index is 1030. The van der Waals surface area contributed by atoms with Crippen LogP contribution in [0.1, 0.15) is 17.0 Å². The van der Waals surface area contributed by atoms with Gasteiger partial charge in [-0.15, -0.1) is 0 Å². The van der Waals surface area contributed by atoms with E-state index < -0.39 is 29.4 Å². The largest absolute Gasteiger partial charge is 0.383 e. The summed E-state index contributed by atoms with van der Waals surface area (Å²) in [7, 11) is 1.63. The Hall–Kier alpha value is -2.91. The fraction of sp³-hybridized carbons (Fsp3) is 0.286. The molecule has 0 spiro atoms. The maximum Gasteiger partial charge on any atom is 0.294 e. The van der Waals surface area contributed by atoms with Crippen LogP contribution in [0.4, 0.5) is 14.9 Å². The Morgan fingerprint density at radius 1 is 1.27 bits per heavy atom. The minimum absolute atomic E-state index is 0.255. The number of hydrogen-bond donors (Lipinski definition) is 1. The van der Waals surface area contributed by atoms with Crippen LogP contribution in [0.5, 0.6) is 0 Å². The second-order valence-electron chi connectivity index (χ2n) is 6.80. The quantitative estimate of drug-likeness (QED) is 0.678. The molecule has 0 saturated carbocycles. The van der Waals surface area contributed by atoms with E-state index in [2.05, 4.69) is 9.88 Å². The predicted octanol–water partition coefficient (Wildman–Crippen LogP) is 3.57. The van der Waals surface area contributed by atoms with Crippen molar-refractivity contribution in [3.8, 4) is 0 Å². The molecule has 0 aliphatic carbocycles. The van der Waals surface area contributed by atoms with Gasteiger partial charge in [-0.05, 0) is 61.5 Å². The molecule has 1 N–H and O–H groups in total. The van der Waals surface area contributed by atoms with Gasteiger partial charge in [0, 0.05) is 30.7 Å². The molecule has 9 heteroatoms. The van der Waals surface area contributed by atoms with Crippen LogP contribution < -0.4 is 5.32 Å². The Morgan fingerprint density at radius 3 is 2.73 bits per heavy atom. The number of ether oxygens (including phenoxy) is 1. The van der Waals surface area contributed by atoms with Gasteiger partial charge in [-0.2, -0.15) is 0 Å². The molecule has 0 unspecified atom stereocenters. The van der Waals surface area contributed by atoms with Crippen molar-refractivity contribution in [2.24, 2.45) is 0 Å². The summed E-state index contributed by atoms with van der Waals surface area (Å²) in [4.78, 5) is 38.3. The number of aryl methyl sites for hydroxylation is 1. The Balaban J connectivity index is 1.72. The number of nitrogens with one attached hydrogen (secondary N) is 1. The van der Waals surface area contributed by atoms with Gasteiger partial charge in [0.25, 0.3) is 11.1 Å². The van der Waals surface area contributed by atoms with Gasteiger partial charge in [0.15, 0.2) is 0 Å². The minimum Gasteiger partial charge on any atom is -0.383 e. The van der Waals surface area contributed by atoms with Crippen LogP contribution in [0.25, 0.3) is 6.08 Å². The molecule has 7 nitrogen and oxygen atoms in total. The number of carbonyl (C=O) groups is 3. The number of carbonyl (C=O) groups excluding carboxylic acids is 3. The Kier molecular flexibility index (Phi) is 6.73. The van der Waals surface area contributed by atoms with Crippen LogP contribution in [0, 0.1) is 19.7 Å². The molecule has 1 fully saturated rings. The first-order chi connectivity index (χ1) is 14.3. The van der Waals surface area contributed by atoms with Crippen LogP contribution in [-0.2, 0) is 20.9 Å². The van der Waals surface area contributed by atoms with E-state index in [-0.39, 0.29) is 10.6 Å². The highest BCUT2D eigenvalue weighted by molar-refractivity contribution is 8.18. The fourth-order valence-corrected chi connectivity index (χ4v) is 4.02. The lowest BCUT2D eigenvalue weighted by atomic mass is 10.2. The van der Waals surface area contributed by atoms with Crippen molar-refractivity contribution in [3.05, 3.63) is 58.0 Å². The molecule has 1 aliphatic heterocycles. The average Bonchev–Trinajstić information content (AvgIpc) is 3.10. The van der Waals surface area contributed by atoms with Crippen LogP contribution in [0.15, 0.2) is 35.2 Å². The van der Waals surface area contributed by atoms with Crippen molar-refractivity contribution in [1.82, 2.24) is 9.47 Å². The summed E-state index contributed by atoms with van der Waals surface area (Å²) >= 11 is 0.794. The molecule has 3 rings (SSSR count). The van der Waals surface area contributed by atoms with Crippen LogP contribution in [0.3, 0.4) is 0 Å². The molecule has 2 heterocycles. The molecular weight excluding hydrogens is 409 g/mol. The molecule has 1 aromatic heterocycles. The van der Waals surface area contributed by atoms with Crippen molar-refractivity contribution in [1.29, 1.82) is 0 Å². The number of methoxy groups -OCH3 is 1. The highest BCUT2D eigenvalue weighted by atomic mass is 32.2. The summed E-state index contributed by atoms with van der Waals surface area (Å²) in [5.41, 5.74) is 3.06. The molecule has 1 aliphatic rings. The third-order valence-corrected chi connectivity index (χ3v) is 5.61. The number of benzene rings is 1. The minimum atomic E-state index is -0.582. The Labute approximate surface area is 177 Å². The van der Waals surface area contributed by atoms with Gasteiger partial charge < -0.3 is 14.6 Å². The van der Waals surface area contributed by atoms with E-state index >= 15 is 0 Å². The number of hydrogen-bond acceptors (Lipinski definition) is 5. The second kappa shape index (κ2) is 9.27. The van der Waals surface area contributed by atoms with Crippen molar-refractivity contribution in [3.63, 3.8) is 0 Å². The van der Waals surface area contributed by atoms with Gasteiger partial charge in [-0.3, -0.25) is 19.3 Å². The number of aromatic nitrogens is 1. The third-order valence-electron chi connectivity index (χ3n) is 4.70. The van der Waals surface area contributed by atoms with Gasteiger partial charge in [0.2, 0.25) is 5.91 Å². The summed E-state index contributed by atoms with van der Waals surface area (Å²) in [6.45, 7) is 4.70. The highest BCUT2D eigenvalue weighted by Gasteiger charge is 2.36. The predicted molar refractivity (Wildman–Crippen MR) is 113 cm³/mol. The van der Waals surface area contributed by atoms with Crippen molar-refractivity contribution < 1.29 is 23.5 Å². The Morgan fingerprint density at radius 2 is 2.03 bits per heavy atom. The van der Waals surface area contributed by atoms with E-state index in [9.17, 15) is 18.8 Å². The van der Waals surface area contributed by atoms with Crippen LogP contribution >= 0.6 is 11.8 Å². The molecule has 30 heavy (non-hydrogen) atoms. The van der Waals surface area contributed by atoms with Gasteiger partial charge in [0.1, 0.15) is 12.4 Å². The van der Waals surface area contributed by atoms with Crippen molar-refractivity contribution >= 4 is 40.6 Å². The fourth-order valence-electron chi connectivity index (χ4n) is 3.19. The third kappa shape index (κ3) is 4.80. The smallest absolute Gasteiger partial charge is 0.294 e. The molecule has 1 aromatic carbocycles. The molecule has 158 valence electrons. The SMILES string of the molecule is COCCn1c(C)cc(/C=C2/SC(=O)N(CC(=O)Nc3cccc(F)c3)C2=O)c1C. The normalized spacial score (nSPS) is 15.3. The standard InChI is InChI=1S/C21H22FN3O4S/c1-13-9-15(14(2)24(13)7-8-29-3)10-18-20(27)25(21(28)30-18)12-19(26)23-17-6-4-5-16(22)11-17/h4-6,9-11H,7-8,12H2,1-3H3,(H,23,26)/b18-10+. The molecule has 2 aromatic rings. The van der Waals surface area contributed by atoms with E-state index in [4.69, 9.17) is 4.74 Å². The van der Waals surface area contributed by atoms with E-state index in [1.54, 1.807) is 13.2 Å². The molecule has 1 saturated heterocycles. The van der Waals surface area contributed by atoms with E-state index in [1.165, 1.54) is 18.2 Å². The number of anilines is 1. The number of halogens is 1. The van der Waals surface area contributed by atoms with E-state index in [0.717, 1.165) is 39.7 Å². The van der Waals surface area contributed by atoms with Crippen LogP contribution in [-0.4, -0.2) is 46.8 Å². The first-order valence-corrected chi connectivity index (χ1v) is 10.1. The zero-order valence-electron chi connectivity index (χ0n) is 16.9. The van der Waals surface area contributed by atoms with E-state index in [1.807, 2.05) is 19.9 Å². The van der Waals surface area contributed by atoms with Crippen molar-refractivity contribution in [2.45, 2.75) is 20.4 Å². The van der Waals surface area contributed by atoms with Crippen molar-refractivity contribution in [2.75, 3.05) is 25.6 Å². The van der Waals surface area contributed by atoms with Gasteiger partial charge in [-0.25, -0.2) is 4.39 Å². The first-order valence-electron chi connectivity index (χ1n) is 9.26. The monoisotopic (exact) mass is 431 g/mol. The van der Waals surface area contributed by atoms with Crippen LogP contribution in [0.2, 0.25) is 0 Å². The van der Waals surface area contributed by atoms with Gasteiger partial charge >= 0.3 is 0 Å². The lowest BCUT2D eigenvalue weighted by Crippen LogP contribution is -2.36. The summed E-state index contributed by atoms with van der Waals surface area (Å²) in [5.74, 6) is -1.60. The summed E-state index contributed by atoms with van der Waals surface area (Å²) in [6.07, 6.45) is 1.67.